The molecule has 0 saturated heterocycles. The molecular formula is C13H21N3O2. The van der Waals surface area contributed by atoms with Crippen LogP contribution in [0, 0.1) is 6.92 Å². The van der Waals surface area contributed by atoms with Crippen molar-refractivity contribution in [3.8, 4) is 0 Å². The average molecular weight is 251 g/mol. The monoisotopic (exact) mass is 251 g/mol. The van der Waals surface area contributed by atoms with E-state index < -0.39 is 0 Å². The molecule has 0 aliphatic rings. The molecular weight excluding hydrogens is 230 g/mol. The number of esters is 1. The lowest BCUT2D eigenvalue weighted by molar-refractivity contribution is -0.139. The van der Waals surface area contributed by atoms with Gasteiger partial charge in [-0.15, -0.1) is 0 Å². The van der Waals surface area contributed by atoms with Crippen molar-refractivity contribution < 1.29 is 9.53 Å². The standard InChI is InChI=1S/C13H21N3O2/c1-6-11-10(7-13(17)18-5)9(2)14-12(15-11)8-16(3)4/h6-8H2,1-5H3. The Morgan fingerprint density at radius 1 is 1.33 bits per heavy atom. The molecule has 100 valence electrons. The Labute approximate surface area is 108 Å². The molecule has 0 aliphatic carbocycles. The van der Waals surface area contributed by atoms with E-state index in [2.05, 4.69) is 9.97 Å². The van der Waals surface area contributed by atoms with Crippen molar-refractivity contribution in [2.24, 2.45) is 0 Å². The van der Waals surface area contributed by atoms with Gasteiger partial charge in [0.15, 0.2) is 0 Å². The zero-order valence-electron chi connectivity index (χ0n) is 11.8. The lowest BCUT2D eigenvalue weighted by Gasteiger charge is -2.14. The lowest BCUT2D eigenvalue weighted by atomic mass is 10.1. The Morgan fingerprint density at radius 3 is 2.50 bits per heavy atom. The summed E-state index contributed by atoms with van der Waals surface area (Å²) in [4.78, 5) is 22.4. The van der Waals surface area contributed by atoms with Crippen molar-refractivity contribution in [2.45, 2.75) is 33.2 Å². The third-order valence-electron chi connectivity index (χ3n) is 2.69. The molecule has 18 heavy (non-hydrogen) atoms. The molecule has 0 aliphatic heterocycles. The van der Waals surface area contributed by atoms with Crippen molar-refractivity contribution in [2.75, 3.05) is 21.2 Å². The van der Waals surface area contributed by atoms with Crippen LogP contribution in [0.3, 0.4) is 0 Å². The summed E-state index contributed by atoms with van der Waals surface area (Å²) in [6.45, 7) is 4.65. The van der Waals surface area contributed by atoms with Gasteiger partial charge < -0.3 is 9.64 Å². The van der Waals surface area contributed by atoms with E-state index in [1.807, 2.05) is 32.8 Å². The number of nitrogens with zero attached hydrogens (tertiary/aromatic N) is 3. The third kappa shape index (κ3) is 3.77. The van der Waals surface area contributed by atoms with Gasteiger partial charge >= 0.3 is 5.97 Å². The van der Waals surface area contributed by atoms with Crippen molar-refractivity contribution in [3.63, 3.8) is 0 Å². The highest BCUT2D eigenvalue weighted by Gasteiger charge is 2.14. The second-order valence-corrected chi connectivity index (χ2v) is 4.49. The van der Waals surface area contributed by atoms with Gasteiger partial charge in [-0.25, -0.2) is 9.97 Å². The zero-order valence-corrected chi connectivity index (χ0v) is 11.8. The van der Waals surface area contributed by atoms with Crippen molar-refractivity contribution in [1.29, 1.82) is 0 Å². The molecule has 5 heteroatoms. The molecule has 1 aromatic heterocycles. The fourth-order valence-corrected chi connectivity index (χ4v) is 1.81. The highest BCUT2D eigenvalue weighted by Crippen LogP contribution is 2.14. The van der Waals surface area contributed by atoms with Gasteiger partial charge in [0.25, 0.3) is 0 Å². The van der Waals surface area contributed by atoms with Crippen molar-refractivity contribution in [3.05, 3.63) is 22.8 Å². The van der Waals surface area contributed by atoms with E-state index in [0.29, 0.717) is 6.54 Å². The molecule has 1 aromatic rings. The lowest BCUT2D eigenvalue weighted by Crippen LogP contribution is -2.17. The highest BCUT2D eigenvalue weighted by molar-refractivity contribution is 5.73. The van der Waals surface area contributed by atoms with E-state index in [-0.39, 0.29) is 12.4 Å². The van der Waals surface area contributed by atoms with Crippen LogP contribution in [-0.4, -0.2) is 42.0 Å². The molecule has 0 saturated carbocycles. The molecule has 0 unspecified atom stereocenters. The summed E-state index contributed by atoms with van der Waals surface area (Å²) in [7, 11) is 5.35. The summed E-state index contributed by atoms with van der Waals surface area (Å²) < 4.78 is 4.70. The van der Waals surface area contributed by atoms with Crippen molar-refractivity contribution >= 4 is 5.97 Å². The molecule has 5 nitrogen and oxygen atoms in total. The smallest absolute Gasteiger partial charge is 0.310 e. The van der Waals surface area contributed by atoms with Crippen molar-refractivity contribution in [1.82, 2.24) is 14.9 Å². The molecule has 0 atom stereocenters. The average Bonchev–Trinajstić information content (AvgIpc) is 2.31. The number of aromatic nitrogens is 2. The van der Waals surface area contributed by atoms with Gasteiger partial charge in [-0.3, -0.25) is 4.79 Å². The largest absolute Gasteiger partial charge is 0.469 e. The minimum Gasteiger partial charge on any atom is -0.469 e. The summed E-state index contributed by atoms with van der Waals surface area (Å²) >= 11 is 0. The number of ether oxygens (including phenoxy) is 1. The maximum atomic E-state index is 11.4. The van der Waals surface area contributed by atoms with Crippen LogP contribution in [0.15, 0.2) is 0 Å². The van der Waals surface area contributed by atoms with Crippen LogP contribution < -0.4 is 0 Å². The Bertz CT molecular complexity index is 430. The zero-order chi connectivity index (χ0) is 13.7. The van der Waals surface area contributed by atoms with Gasteiger partial charge in [-0.05, 0) is 27.4 Å². The summed E-state index contributed by atoms with van der Waals surface area (Å²) in [5, 5.41) is 0. The molecule has 1 rings (SSSR count). The van der Waals surface area contributed by atoms with Crippen LogP contribution >= 0.6 is 0 Å². The number of carbonyl (C=O) groups is 1. The van der Waals surface area contributed by atoms with Gasteiger partial charge in [-0.1, -0.05) is 6.92 Å². The van der Waals surface area contributed by atoms with Gasteiger partial charge in [0.05, 0.1) is 20.1 Å². The number of hydrogen-bond donors (Lipinski definition) is 0. The predicted molar refractivity (Wildman–Crippen MR) is 69.3 cm³/mol. The van der Waals surface area contributed by atoms with E-state index >= 15 is 0 Å². The van der Waals surface area contributed by atoms with Crippen LogP contribution in [-0.2, 0) is 28.9 Å². The quantitative estimate of drug-likeness (QED) is 0.734. The summed E-state index contributed by atoms with van der Waals surface area (Å²) in [5.74, 6) is 0.541. The van der Waals surface area contributed by atoms with E-state index in [9.17, 15) is 4.79 Å². The first kappa shape index (κ1) is 14.6. The minimum atomic E-state index is -0.253. The van der Waals surface area contributed by atoms with Crippen LogP contribution in [0.5, 0.6) is 0 Å². The number of methoxy groups -OCH3 is 1. The first-order chi connectivity index (χ1) is 8.47. The van der Waals surface area contributed by atoms with E-state index in [1.165, 1.54) is 7.11 Å². The van der Waals surface area contributed by atoms with E-state index in [1.54, 1.807) is 0 Å². The van der Waals surface area contributed by atoms with Crippen LogP contribution in [0.2, 0.25) is 0 Å². The molecule has 0 spiro atoms. The van der Waals surface area contributed by atoms with Crippen LogP contribution in [0.25, 0.3) is 0 Å². The molecule has 0 N–H and O–H groups in total. The fraction of sp³-hybridized carbons (Fsp3) is 0.615. The number of rotatable bonds is 5. The second kappa shape index (κ2) is 6.44. The minimum absolute atomic E-state index is 0.244. The van der Waals surface area contributed by atoms with Crippen LogP contribution in [0.4, 0.5) is 0 Å². The van der Waals surface area contributed by atoms with Gasteiger partial charge in [-0.2, -0.15) is 0 Å². The summed E-state index contributed by atoms with van der Waals surface area (Å²) in [6.07, 6.45) is 1.03. The van der Waals surface area contributed by atoms with Crippen LogP contribution in [0.1, 0.15) is 29.7 Å². The molecule has 0 bridgehead atoms. The predicted octanol–water partition coefficient (Wildman–Crippen LogP) is 1.12. The number of hydrogen-bond acceptors (Lipinski definition) is 5. The Morgan fingerprint density at radius 2 is 2.00 bits per heavy atom. The van der Waals surface area contributed by atoms with Gasteiger partial charge in [0, 0.05) is 17.0 Å². The Balaban J connectivity index is 3.07. The Kier molecular flexibility index (Phi) is 5.22. The summed E-state index contributed by atoms with van der Waals surface area (Å²) in [5.41, 5.74) is 2.70. The molecule has 0 aromatic carbocycles. The normalized spacial score (nSPS) is 10.8. The first-order valence-electron chi connectivity index (χ1n) is 6.04. The number of aryl methyl sites for hydroxylation is 2. The second-order valence-electron chi connectivity index (χ2n) is 4.49. The molecule has 1 heterocycles. The first-order valence-corrected chi connectivity index (χ1v) is 6.04. The SMILES string of the molecule is CCc1nc(CN(C)C)nc(C)c1CC(=O)OC. The maximum absolute atomic E-state index is 11.4. The van der Waals surface area contributed by atoms with Gasteiger partial charge in [0.2, 0.25) is 0 Å². The molecule has 0 radical (unpaired) electrons. The third-order valence-corrected chi connectivity index (χ3v) is 2.69. The number of carbonyl (C=O) groups excluding carboxylic acids is 1. The Hall–Kier alpha value is -1.49. The molecule has 0 fully saturated rings. The van der Waals surface area contributed by atoms with Gasteiger partial charge in [0.1, 0.15) is 5.82 Å². The maximum Gasteiger partial charge on any atom is 0.310 e. The molecule has 0 amide bonds. The van der Waals surface area contributed by atoms with E-state index in [0.717, 1.165) is 29.2 Å². The fourth-order valence-electron chi connectivity index (χ4n) is 1.81. The topological polar surface area (TPSA) is 55.3 Å². The highest BCUT2D eigenvalue weighted by atomic mass is 16.5. The van der Waals surface area contributed by atoms with E-state index in [4.69, 9.17) is 4.74 Å². The summed E-state index contributed by atoms with van der Waals surface area (Å²) in [6, 6.07) is 0.